The number of benzene rings is 3. The molecule has 0 spiro atoms. The molecule has 1 saturated heterocycles. The van der Waals surface area contributed by atoms with Gasteiger partial charge in [0.05, 0.1) is 6.54 Å². The van der Waals surface area contributed by atoms with Gasteiger partial charge in [-0.15, -0.1) is 0 Å². The average Bonchev–Trinajstić information content (AvgIpc) is 2.90. The maximum absolute atomic E-state index is 13.5. The minimum atomic E-state index is -0.511. The summed E-state index contributed by atoms with van der Waals surface area (Å²) in [6.07, 6.45) is 1.48. The van der Waals surface area contributed by atoms with Gasteiger partial charge in [-0.25, -0.2) is 8.78 Å². The number of piperazine rings is 1. The normalized spacial score (nSPS) is 16.0. The van der Waals surface area contributed by atoms with Gasteiger partial charge in [0.15, 0.2) is 0 Å². The van der Waals surface area contributed by atoms with Crippen LogP contribution in [0.4, 0.5) is 20.2 Å². The molecule has 2 amide bonds. The third-order valence-electron chi connectivity index (χ3n) is 6.95. The summed E-state index contributed by atoms with van der Waals surface area (Å²) in [5, 5.41) is 2.84. The lowest BCUT2D eigenvalue weighted by Gasteiger charge is -2.39. The number of nitrogens with zero attached hydrogens (tertiary/aromatic N) is 2. The van der Waals surface area contributed by atoms with Crippen molar-refractivity contribution in [1.82, 2.24) is 9.80 Å². The predicted octanol–water partition coefficient (Wildman–Crippen LogP) is 2.74. The zero-order chi connectivity index (χ0) is 27.1. The van der Waals surface area contributed by atoms with E-state index in [-0.39, 0.29) is 35.5 Å². The van der Waals surface area contributed by atoms with E-state index in [0.717, 1.165) is 24.0 Å². The summed E-state index contributed by atoms with van der Waals surface area (Å²) in [7, 11) is 0. The lowest BCUT2D eigenvalue weighted by molar-refractivity contribution is -0.127. The molecule has 10 heteroatoms. The molecule has 7 N–H and O–H groups in total. The number of nitrogen functional groups attached to an aromatic ring is 1. The second-order valence-corrected chi connectivity index (χ2v) is 9.66. The number of nitrogens with one attached hydrogen (secondary N) is 1. The standard InChI is InChI=1S/C29H33F2N5O2.H2O/c30-22-7-3-20(4-8-22)26(21-5-9-23(31)10-6-21)2-1-15-36-17-16-35(18-27(36)29(33)38)19-28(37)34-25-13-11-24(32)12-14-25;/h3-14,26-27H,1-2,15-19,32H2,(H2,33,38)(H,34,37);1H2. The van der Waals surface area contributed by atoms with Crippen LogP contribution in [-0.4, -0.2) is 65.9 Å². The molecule has 0 aliphatic carbocycles. The molecule has 0 bridgehead atoms. The van der Waals surface area contributed by atoms with Crippen LogP contribution >= 0.6 is 0 Å². The first-order chi connectivity index (χ1) is 18.3. The molecular weight excluding hydrogens is 504 g/mol. The van der Waals surface area contributed by atoms with Crippen LogP contribution in [0, 0.1) is 11.6 Å². The zero-order valence-electron chi connectivity index (χ0n) is 21.7. The molecule has 3 aromatic carbocycles. The molecule has 1 aliphatic heterocycles. The van der Waals surface area contributed by atoms with Crippen molar-refractivity contribution in [1.29, 1.82) is 0 Å². The van der Waals surface area contributed by atoms with E-state index in [1.165, 1.54) is 24.3 Å². The summed E-state index contributed by atoms with van der Waals surface area (Å²) in [6.45, 7) is 2.37. The van der Waals surface area contributed by atoms with Crippen LogP contribution in [0.1, 0.15) is 29.9 Å². The van der Waals surface area contributed by atoms with Crippen LogP contribution < -0.4 is 16.8 Å². The Morgan fingerprint density at radius 3 is 2.00 bits per heavy atom. The maximum atomic E-state index is 13.5. The number of carbonyl (C=O) groups excluding carboxylic acids is 2. The van der Waals surface area contributed by atoms with Crippen LogP contribution in [0.25, 0.3) is 0 Å². The van der Waals surface area contributed by atoms with E-state index in [0.29, 0.717) is 37.6 Å². The molecule has 4 rings (SSSR count). The number of anilines is 2. The second kappa shape index (κ2) is 13.8. The summed E-state index contributed by atoms with van der Waals surface area (Å²) in [5.41, 5.74) is 14.6. The first-order valence-electron chi connectivity index (χ1n) is 12.7. The van der Waals surface area contributed by atoms with Crippen molar-refractivity contribution < 1.29 is 23.8 Å². The topological polar surface area (TPSA) is 136 Å². The summed E-state index contributed by atoms with van der Waals surface area (Å²) < 4.78 is 27.0. The number of amides is 2. The Labute approximate surface area is 226 Å². The van der Waals surface area contributed by atoms with Gasteiger partial charge in [0.25, 0.3) is 0 Å². The number of rotatable bonds is 10. The van der Waals surface area contributed by atoms with Crippen molar-refractivity contribution in [2.45, 2.75) is 24.8 Å². The van der Waals surface area contributed by atoms with Gasteiger partial charge in [0.2, 0.25) is 11.8 Å². The van der Waals surface area contributed by atoms with Crippen LogP contribution in [0.5, 0.6) is 0 Å². The van der Waals surface area contributed by atoms with Crippen molar-refractivity contribution in [3.8, 4) is 0 Å². The van der Waals surface area contributed by atoms with Gasteiger partial charge in [0, 0.05) is 36.9 Å². The Bertz CT molecular complexity index is 1180. The summed E-state index contributed by atoms with van der Waals surface area (Å²) in [5.74, 6) is -1.26. The molecule has 1 heterocycles. The quantitative estimate of drug-likeness (QED) is 0.341. The van der Waals surface area contributed by atoms with E-state index < -0.39 is 11.9 Å². The number of nitrogens with two attached hydrogens (primary N) is 2. The van der Waals surface area contributed by atoms with Gasteiger partial charge < -0.3 is 22.3 Å². The highest BCUT2D eigenvalue weighted by Gasteiger charge is 2.31. The van der Waals surface area contributed by atoms with Gasteiger partial charge in [-0.2, -0.15) is 0 Å². The molecule has 1 unspecified atom stereocenters. The van der Waals surface area contributed by atoms with Crippen LogP contribution in [0.2, 0.25) is 0 Å². The fourth-order valence-electron chi connectivity index (χ4n) is 4.94. The molecule has 0 aromatic heterocycles. The molecule has 1 atom stereocenters. The fourth-order valence-corrected chi connectivity index (χ4v) is 4.94. The number of carbonyl (C=O) groups is 2. The van der Waals surface area contributed by atoms with Crippen molar-refractivity contribution in [2.24, 2.45) is 5.73 Å². The van der Waals surface area contributed by atoms with Gasteiger partial charge in [-0.05, 0) is 79.0 Å². The highest BCUT2D eigenvalue weighted by molar-refractivity contribution is 5.92. The molecule has 39 heavy (non-hydrogen) atoms. The van der Waals surface area contributed by atoms with Crippen molar-refractivity contribution in [2.75, 3.05) is 43.8 Å². The molecule has 0 saturated carbocycles. The maximum Gasteiger partial charge on any atom is 0.238 e. The van der Waals surface area contributed by atoms with E-state index in [4.69, 9.17) is 11.5 Å². The number of hydrogen-bond acceptors (Lipinski definition) is 5. The smallest absolute Gasteiger partial charge is 0.238 e. The monoisotopic (exact) mass is 539 g/mol. The lowest BCUT2D eigenvalue weighted by atomic mass is 9.87. The van der Waals surface area contributed by atoms with Gasteiger partial charge in [0.1, 0.15) is 17.7 Å². The predicted molar refractivity (Wildman–Crippen MR) is 148 cm³/mol. The molecule has 1 aliphatic rings. The summed E-state index contributed by atoms with van der Waals surface area (Å²) >= 11 is 0. The average molecular weight is 540 g/mol. The van der Waals surface area contributed by atoms with Gasteiger partial charge >= 0.3 is 0 Å². The van der Waals surface area contributed by atoms with E-state index in [9.17, 15) is 18.4 Å². The van der Waals surface area contributed by atoms with Crippen molar-refractivity contribution in [3.05, 3.63) is 95.6 Å². The molecule has 8 nitrogen and oxygen atoms in total. The molecule has 3 aromatic rings. The van der Waals surface area contributed by atoms with Gasteiger partial charge in [-0.3, -0.25) is 19.4 Å². The fraction of sp³-hybridized carbons (Fsp3) is 0.310. The van der Waals surface area contributed by atoms with Gasteiger partial charge in [-0.1, -0.05) is 24.3 Å². The number of halogens is 2. The van der Waals surface area contributed by atoms with E-state index in [1.807, 2.05) is 4.90 Å². The lowest BCUT2D eigenvalue weighted by Crippen LogP contribution is -2.59. The minimum absolute atomic E-state index is 0. The number of hydrogen-bond donors (Lipinski definition) is 3. The second-order valence-electron chi connectivity index (χ2n) is 9.66. The highest BCUT2D eigenvalue weighted by Crippen LogP contribution is 2.30. The Morgan fingerprint density at radius 1 is 0.897 bits per heavy atom. The Kier molecular flexibility index (Phi) is 10.5. The largest absolute Gasteiger partial charge is 0.412 e. The molecule has 208 valence electrons. The SMILES string of the molecule is NC(=O)C1CN(CC(=O)Nc2ccc(N)cc2)CCN1CCCC(c1ccc(F)cc1)c1ccc(F)cc1.O. The van der Waals surface area contributed by atoms with Crippen LogP contribution in [0.15, 0.2) is 72.8 Å². The Hall–Kier alpha value is -3.86. The highest BCUT2D eigenvalue weighted by atomic mass is 19.1. The van der Waals surface area contributed by atoms with E-state index >= 15 is 0 Å². The first kappa shape index (κ1) is 29.7. The summed E-state index contributed by atoms with van der Waals surface area (Å²) in [6, 6.07) is 19.1. The van der Waals surface area contributed by atoms with Crippen molar-refractivity contribution in [3.63, 3.8) is 0 Å². The Morgan fingerprint density at radius 2 is 1.46 bits per heavy atom. The van der Waals surface area contributed by atoms with Crippen LogP contribution in [-0.2, 0) is 9.59 Å². The van der Waals surface area contributed by atoms with E-state index in [1.54, 1.807) is 48.5 Å². The molecule has 0 radical (unpaired) electrons. The van der Waals surface area contributed by atoms with Crippen LogP contribution in [0.3, 0.4) is 0 Å². The third-order valence-corrected chi connectivity index (χ3v) is 6.95. The molecular formula is C29H35F2N5O3. The first-order valence-corrected chi connectivity index (χ1v) is 12.7. The molecule has 1 fully saturated rings. The number of primary amides is 1. The van der Waals surface area contributed by atoms with Crippen molar-refractivity contribution >= 4 is 23.2 Å². The minimum Gasteiger partial charge on any atom is -0.412 e. The Balaban J connectivity index is 0.00000420. The zero-order valence-corrected chi connectivity index (χ0v) is 21.7. The van der Waals surface area contributed by atoms with E-state index in [2.05, 4.69) is 10.2 Å². The third kappa shape index (κ3) is 8.31. The summed E-state index contributed by atoms with van der Waals surface area (Å²) in [4.78, 5) is 28.8.